The number of hydrogen-bond donors (Lipinski definition) is 1. The number of carbonyl (C=O) groups excluding carboxylic acids is 2. The van der Waals surface area contributed by atoms with Crippen molar-refractivity contribution in [2.75, 3.05) is 0 Å². The number of hydrogen-bond acceptors (Lipinski definition) is 2. The lowest BCUT2D eigenvalue weighted by Crippen LogP contribution is -2.71. The van der Waals surface area contributed by atoms with Crippen LogP contribution in [-0.4, -0.2) is 28.3 Å². The Bertz CT molecular complexity index is 552. The van der Waals surface area contributed by atoms with Crippen molar-refractivity contribution in [2.24, 2.45) is 5.92 Å². The first-order chi connectivity index (χ1) is 11.0. The Balaban J connectivity index is 2.40. The third kappa shape index (κ3) is 3.12. The van der Waals surface area contributed by atoms with E-state index < -0.39 is 11.6 Å². The van der Waals surface area contributed by atoms with E-state index in [1.165, 1.54) is 0 Å². The van der Waals surface area contributed by atoms with E-state index in [9.17, 15) is 9.59 Å². The number of carbonyl (C=O) groups is 2. The number of rotatable bonds is 6. The van der Waals surface area contributed by atoms with Crippen LogP contribution in [0, 0.1) is 5.92 Å². The van der Waals surface area contributed by atoms with E-state index in [-0.39, 0.29) is 17.7 Å². The van der Waals surface area contributed by atoms with E-state index in [2.05, 4.69) is 5.32 Å². The molecule has 0 aliphatic carbocycles. The first-order valence-electron chi connectivity index (χ1n) is 8.66. The molecule has 1 saturated heterocycles. The van der Waals surface area contributed by atoms with Crippen molar-refractivity contribution in [1.29, 1.82) is 0 Å². The highest BCUT2D eigenvalue weighted by atomic mass is 16.2. The van der Waals surface area contributed by atoms with Crippen LogP contribution in [0.5, 0.6) is 0 Å². The second kappa shape index (κ2) is 7.16. The van der Waals surface area contributed by atoms with Gasteiger partial charge in [0.05, 0.1) is 0 Å². The molecule has 0 radical (unpaired) electrons. The van der Waals surface area contributed by atoms with E-state index in [0.717, 1.165) is 12.0 Å². The minimum Gasteiger partial charge on any atom is -0.342 e. The summed E-state index contributed by atoms with van der Waals surface area (Å²) in [6.45, 7) is 8.53. The normalized spacial score (nSPS) is 21.9. The summed E-state index contributed by atoms with van der Waals surface area (Å²) in [5.41, 5.74) is 0.321. The zero-order chi connectivity index (χ0) is 17.0. The zero-order valence-electron chi connectivity index (χ0n) is 14.6. The first-order valence-corrected chi connectivity index (χ1v) is 8.66. The van der Waals surface area contributed by atoms with Gasteiger partial charge in [0.25, 0.3) is 0 Å². The van der Waals surface area contributed by atoms with Crippen LogP contribution >= 0.6 is 0 Å². The molecule has 0 spiro atoms. The molecular formula is C19H28N2O2. The lowest BCUT2D eigenvalue weighted by molar-refractivity contribution is -0.160. The SMILES string of the molecule is CCC(C)C1NC(=O)C(CC)(CC)N(Cc2ccccc2)C1=O. The molecular weight excluding hydrogens is 288 g/mol. The van der Waals surface area contributed by atoms with Crippen molar-refractivity contribution < 1.29 is 9.59 Å². The maximum absolute atomic E-state index is 13.1. The van der Waals surface area contributed by atoms with Crippen molar-refractivity contribution in [2.45, 2.75) is 65.1 Å². The molecule has 0 saturated carbocycles. The van der Waals surface area contributed by atoms with Gasteiger partial charge in [0.2, 0.25) is 11.8 Å². The molecule has 1 aliphatic rings. The predicted octanol–water partition coefficient (Wildman–Crippen LogP) is 3.12. The van der Waals surface area contributed by atoms with Crippen LogP contribution < -0.4 is 5.32 Å². The summed E-state index contributed by atoms with van der Waals surface area (Å²) in [4.78, 5) is 27.8. The van der Waals surface area contributed by atoms with Crippen LogP contribution in [0.2, 0.25) is 0 Å². The van der Waals surface area contributed by atoms with Crippen molar-refractivity contribution in [1.82, 2.24) is 10.2 Å². The summed E-state index contributed by atoms with van der Waals surface area (Å²) in [7, 11) is 0. The smallest absolute Gasteiger partial charge is 0.246 e. The van der Waals surface area contributed by atoms with Gasteiger partial charge in [-0.15, -0.1) is 0 Å². The number of nitrogens with zero attached hydrogens (tertiary/aromatic N) is 1. The standard InChI is InChI=1S/C19H28N2O2/c1-5-14(4)16-17(22)21(13-15-11-9-8-10-12-15)19(6-2,7-3)18(23)20-16/h8-12,14,16H,5-7,13H2,1-4H3,(H,20,23). The van der Waals surface area contributed by atoms with Gasteiger partial charge < -0.3 is 10.2 Å². The summed E-state index contributed by atoms with van der Waals surface area (Å²) in [6, 6.07) is 9.50. The monoisotopic (exact) mass is 316 g/mol. The Morgan fingerprint density at radius 1 is 1.13 bits per heavy atom. The molecule has 1 aromatic carbocycles. The van der Waals surface area contributed by atoms with Crippen molar-refractivity contribution >= 4 is 11.8 Å². The van der Waals surface area contributed by atoms with Crippen molar-refractivity contribution in [3.63, 3.8) is 0 Å². The summed E-state index contributed by atoms with van der Waals surface area (Å²) < 4.78 is 0. The molecule has 2 atom stereocenters. The van der Waals surface area contributed by atoms with Crippen LogP contribution in [0.4, 0.5) is 0 Å². The molecule has 1 fully saturated rings. The van der Waals surface area contributed by atoms with Crippen LogP contribution in [0.3, 0.4) is 0 Å². The molecule has 1 aromatic rings. The van der Waals surface area contributed by atoms with Gasteiger partial charge >= 0.3 is 0 Å². The number of amides is 2. The Morgan fingerprint density at radius 2 is 1.74 bits per heavy atom. The van der Waals surface area contributed by atoms with E-state index in [1.54, 1.807) is 0 Å². The Labute approximate surface area is 139 Å². The number of piperazine rings is 1. The maximum atomic E-state index is 13.1. The highest BCUT2D eigenvalue weighted by Crippen LogP contribution is 2.32. The molecule has 126 valence electrons. The van der Waals surface area contributed by atoms with E-state index >= 15 is 0 Å². The van der Waals surface area contributed by atoms with Gasteiger partial charge in [0.1, 0.15) is 11.6 Å². The van der Waals surface area contributed by atoms with Gasteiger partial charge in [-0.1, -0.05) is 64.4 Å². The van der Waals surface area contributed by atoms with Crippen LogP contribution in [0.1, 0.15) is 52.5 Å². The van der Waals surface area contributed by atoms with E-state index in [4.69, 9.17) is 0 Å². The number of benzene rings is 1. The highest BCUT2D eigenvalue weighted by Gasteiger charge is 2.51. The molecule has 0 bridgehead atoms. The second-order valence-corrected chi connectivity index (χ2v) is 6.49. The van der Waals surface area contributed by atoms with Crippen LogP contribution in [-0.2, 0) is 16.1 Å². The lowest BCUT2D eigenvalue weighted by atomic mass is 9.83. The van der Waals surface area contributed by atoms with Gasteiger partial charge in [-0.3, -0.25) is 9.59 Å². The van der Waals surface area contributed by atoms with Gasteiger partial charge in [0.15, 0.2) is 0 Å². The largest absolute Gasteiger partial charge is 0.342 e. The van der Waals surface area contributed by atoms with Gasteiger partial charge in [-0.05, 0) is 24.3 Å². The minimum absolute atomic E-state index is 0.0108. The maximum Gasteiger partial charge on any atom is 0.246 e. The average Bonchev–Trinajstić information content (AvgIpc) is 2.59. The topological polar surface area (TPSA) is 49.4 Å². The highest BCUT2D eigenvalue weighted by molar-refractivity contribution is 5.99. The molecule has 0 aromatic heterocycles. The summed E-state index contributed by atoms with van der Waals surface area (Å²) in [5, 5.41) is 3.00. The van der Waals surface area contributed by atoms with Crippen molar-refractivity contribution in [3.05, 3.63) is 35.9 Å². The molecule has 1 heterocycles. The Kier molecular flexibility index (Phi) is 5.45. The third-order valence-corrected chi connectivity index (χ3v) is 5.32. The minimum atomic E-state index is -0.739. The summed E-state index contributed by atoms with van der Waals surface area (Å²) in [5.74, 6) is 0.172. The third-order valence-electron chi connectivity index (χ3n) is 5.32. The lowest BCUT2D eigenvalue weighted by Gasteiger charge is -2.48. The predicted molar refractivity (Wildman–Crippen MR) is 91.7 cm³/mol. The van der Waals surface area contributed by atoms with Gasteiger partial charge in [-0.25, -0.2) is 0 Å². The van der Waals surface area contributed by atoms with E-state index in [0.29, 0.717) is 19.4 Å². The van der Waals surface area contributed by atoms with Crippen LogP contribution in [0.25, 0.3) is 0 Å². The second-order valence-electron chi connectivity index (χ2n) is 6.49. The fourth-order valence-electron chi connectivity index (χ4n) is 3.41. The molecule has 23 heavy (non-hydrogen) atoms. The van der Waals surface area contributed by atoms with Gasteiger partial charge in [0, 0.05) is 6.54 Å². The van der Waals surface area contributed by atoms with Crippen LogP contribution in [0.15, 0.2) is 30.3 Å². The Morgan fingerprint density at radius 3 is 2.26 bits per heavy atom. The molecule has 4 nitrogen and oxygen atoms in total. The Hall–Kier alpha value is -1.84. The fraction of sp³-hybridized carbons (Fsp3) is 0.579. The summed E-state index contributed by atoms with van der Waals surface area (Å²) in [6.07, 6.45) is 2.11. The zero-order valence-corrected chi connectivity index (χ0v) is 14.6. The summed E-state index contributed by atoms with van der Waals surface area (Å²) >= 11 is 0. The number of nitrogens with one attached hydrogen (secondary N) is 1. The van der Waals surface area contributed by atoms with Gasteiger partial charge in [-0.2, -0.15) is 0 Å². The molecule has 1 N–H and O–H groups in total. The first kappa shape index (κ1) is 17.5. The molecule has 2 amide bonds. The molecule has 2 rings (SSSR count). The van der Waals surface area contributed by atoms with E-state index in [1.807, 2.05) is 62.9 Å². The quantitative estimate of drug-likeness (QED) is 0.876. The average molecular weight is 316 g/mol. The molecule has 4 heteroatoms. The molecule has 1 aliphatic heterocycles. The fourth-order valence-corrected chi connectivity index (χ4v) is 3.41. The van der Waals surface area contributed by atoms with Crippen molar-refractivity contribution in [3.8, 4) is 0 Å². The molecule has 2 unspecified atom stereocenters.